The Kier molecular flexibility index (Phi) is 5.83. The zero-order valence-corrected chi connectivity index (χ0v) is 13.4. The molecule has 0 aliphatic carbocycles. The third kappa shape index (κ3) is 3.59. The van der Waals surface area contributed by atoms with Crippen molar-refractivity contribution in [2.45, 2.75) is 44.0 Å². The van der Waals surface area contributed by atoms with Gasteiger partial charge < -0.3 is 5.73 Å². The van der Waals surface area contributed by atoms with E-state index in [0.29, 0.717) is 18.9 Å². The van der Waals surface area contributed by atoms with E-state index in [2.05, 4.69) is 0 Å². The van der Waals surface area contributed by atoms with Crippen LogP contribution in [0.1, 0.15) is 33.6 Å². The molecule has 0 spiro atoms. The fraction of sp³-hybridized carbons (Fsp3) is 0.571. The third-order valence-electron chi connectivity index (χ3n) is 3.71. The minimum atomic E-state index is -3.94. The third-order valence-corrected chi connectivity index (χ3v) is 5.76. The molecule has 0 aromatic heterocycles. The minimum Gasteiger partial charge on any atom is -0.329 e. The Balaban J connectivity index is 3.37. The maximum Gasteiger partial charge on any atom is 0.243 e. The molecule has 0 bridgehead atoms. The Bertz CT molecular complexity index is 587. The highest BCUT2D eigenvalue weighted by Gasteiger charge is 2.38. The molecule has 120 valence electrons. The van der Waals surface area contributed by atoms with E-state index in [-0.39, 0.29) is 18.0 Å². The Labute approximate surface area is 125 Å². The van der Waals surface area contributed by atoms with Crippen molar-refractivity contribution in [1.29, 1.82) is 0 Å². The van der Waals surface area contributed by atoms with Gasteiger partial charge >= 0.3 is 0 Å². The number of hydrogen-bond acceptors (Lipinski definition) is 3. The van der Waals surface area contributed by atoms with Crippen molar-refractivity contribution >= 4 is 10.0 Å². The number of nitrogens with two attached hydrogens (primary N) is 1. The van der Waals surface area contributed by atoms with Crippen molar-refractivity contribution in [1.82, 2.24) is 4.31 Å². The van der Waals surface area contributed by atoms with Crippen LogP contribution in [0.4, 0.5) is 8.78 Å². The van der Waals surface area contributed by atoms with E-state index < -0.39 is 27.2 Å². The van der Waals surface area contributed by atoms with Crippen LogP contribution in [0.2, 0.25) is 0 Å². The van der Waals surface area contributed by atoms with Crippen LogP contribution in [-0.4, -0.2) is 31.4 Å². The van der Waals surface area contributed by atoms with Crippen molar-refractivity contribution in [2.75, 3.05) is 13.1 Å². The number of benzene rings is 1. The van der Waals surface area contributed by atoms with Crippen molar-refractivity contribution in [2.24, 2.45) is 5.73 Å². The number of hydrogen-bond donors (Lipinski definition) is 1. The van der Waals surface area contributed by atoms with Crippen LogP contribution in [0, 0.1) is 11.6 Å². The number of halogens is 2. The smallest absolute Gasteiger partial charge is 0.243 e. The molecule has 4 nitrogen and oxygen atoms in total. The van der Waals surface area contributed by atoms with Crippen LogP contribution in [0.25, 0.3) is 0 Å². The first-order chi connectivity index (χ1) is 9.72. The fourth-order valence-electron chi connectivity index (χ4n) is 2.07. The van der Waals surface area contributed by atoms with Gasteiger partial charge in [0.2, 0.25) is 10.0 Å². The number of rotatable bonds is 7. The molecule has 0 saturated heterocycles. The molecule has 0 fully saturated rings. The summed E-state index contributed by atoms with van der Waals surface area (Å²) in [5, 5.41) is 0. The van der Waals surface area contributed by atoms with E-state index in [1.54, 1.807) is 6.92 Å². The average molecular weight is 320 g/mol. The standard InChI is InChI=1S/C14H22F2N2O2S/c1-4-8-18(14(3,5-2)10-17)21(19,20)11-6-7-12(15)13(16)9-11/h6-7,9H,4-5,8,10,17H2,1-3H3. The lowest BCUT2D eigenvalue weighted by Crippen LogP contribution is -2.54. The molecular weight excluding hydrogens is 298 g/mol. The summed E-state index contributed by atoms with van der Waals surface area (Å²) in [6.45, 7) is 5.85. The van der Waals surface area contributed by atoms with Gasteiger partial charge in [-0.25, -0.2) is 17.2 Å². The van der Waals surface area contributed by atoms with Gasteiger partial charge in [0.15, 0.2) is 11.6 Å². The first-order valence-electron chi connectivity index (χ1n) is 6.91. The minimum absolute atomic E-state index is 0.145. The topological polar surface area (TPSA) is 63.4 Å². The zero-order chi connectivity index (χ0) is 16.3. The van der Waals surface area contributed by atoms with Gasteiger partial charge in [0.1, 0.15) is 0 Å². The Morgan fingerprint density at radius 2 is 1.86 bits per heavy atom. The van der Waals surface area contributed by atoms with Crippen molar-refractivity contribution in [3.8, 4) is 0 Å². The second-order valence-electron chi connectivity index (χ2n) is 5.21. The van der Waals surface area contributed by atoms with Gasteiger partial charge in [-0.2, -0.15) is 4.31 Å². The van der Waals surface area contributed by atoms with E-state index in [0.717, 1.165) is 12.1 Å². The lowest BCUT2D eigenvalue weighted by atomic mass is 9.99. The molecule has 0 saturated carbocycles. The summed E-state index contributed by atoms with van der Waals surface area (Å²) >= 11 is 0. The monoisotopic (exact) mass is 320 g/mol. The molecule has 1 unspecified atom stereocenters. The lowest BCUT2D eigenvalue weighted by molar-refractivity contribution is 0.206. The van der Waals surface area contributed by atoms with E-state index in [9.17, 15) is 17.2 Å². The molecule has 7 heteroatoms. The summed E-state index contributed by atoms with van der Waals surface area (Å²) in [5.74, 6) is -2.26. The van der Waals surface area contributed by atoms with Crippen LogP contribution in [0.3, 0.4) is 0 Å². The summed E-state index contributed by atoms with van der Waals surface area (Å²) in [6.07, 6.45) is 1.12. The first kappa shape index (κ1) is 18.0. The van der Waals surface area contributed by atoms with Crippen LogP contribution in [0.15, 0.2) is 23.1 Å². The number of nitrogens with zero attached hydrogens (tertiary/aromatic N) is 1. The summed E-state index contributed by atoms with van der Waals surface area (Å²) in [4.78, 5) is -0.261. The molecule has 1 aromatic rings. The van der Waals surface area contributed by atoms with E-state index in [1.807, 2.05) is 13.8 Å². The van der Waals surface area contributed by atoms with Gasteiger partial charge in [-0.1, -0.05) is 13.8 Å². The Morgan fingerprint density at radius 1 is 1.24 bits per heavy atom. The maximum absolute atomic E-state index is 13.3. The van der Waals surface area contributed by atoms with Crippen molar-refractivity contribution < 1.29 is 17.2 Å². The second kappa shape index (κ2) is 6.81. The number of sulfonamides is 1. The molecule has 0 heterocycles. The Hall–Kier alpha value is -1.05. The van der Waals surface area contributed by atoms with Gasteiger partial charge in [-0.05, 0) is 38.0 Å². The van der Waals surface area contributed by atoms with Crippen LogP contribution >= 0.6 is 0 Å². The second-order valence-corrected chi connectivity index (χ2v) is 7.07. The first-order valence-corrected chi connectivity index (χ1v) is 8.35. The molecule has 1 rings (SSSR count). The largest absolute Gasteiger partial charge is 0.329 e. The van der Waals surface area contributed by atoms with Crippen molar-refractivity contribution in [3.63, 3.8) is 0 Å². The summed E-state index contributed by atoms with van der Waals surface area (Å²) in [6, 6.07) is 2.60. The molecule has 1 atom stereocenters. The molecule has 1 aromatic carbocycles. The highest BCUT2D eigenvalue weighted by atomic mass is 32.2. The van der Waals surface area contributed by atoms with E-state index in [1.165, 1.54) is 4.31 Å². The predicted molar refractivity (Wildman–Crippen MR) is 78.3 cm³/mol. The highest BCUT2D eigenvalue weighted by molar-refractivity contribution is 7.89. The van der Waals surface area contributed by atoms with E-state index in [4.69, 9.17) is 5.73 Å². The zero-order valence-electron chi connectivity index (χ0n) is 12.6. The summed E-state index contributed by atoms with van der Waals surface area (Å²) in [7, 11) is -3.94. The lowest BCUT2D eigenvalue weighted by Gasteiger charge is -2.38. The summed E-state index contributed by atoms with van der Waals surface area (Å²) in [5.41, 5.74) is 4.97. The molecular formula is C14H22F2N2O2S. The van der Waals surface area contributed by atoms with Gasteiger partial charge in [0.05, 0.1) is 4.90 Å². The van der Waals surface area contributed by atoms with Crippen molar-refractivity contribution in [3.05, 3.63) is 29.8 Å². The maximum atomic E-state index is 13.3. The molecule has 21 heavy (non-hydrogen) atoms. The average Bonchev–Trinajstić information content (AvgIpc) is 2.46. The SMILES string of the molecule is CCCN(C(C)(CC)CN)S(=O)(=O)c1ccc(F)c(F)c1. The normalized spacial score (nSPS) is 15.2. The van der Waals surface area contributed by atoms with Gasteiger partial charge in [-0.15, -0.1) is 0 Å². The van der Waals surface area contributed by atoms with Gasteiger partial charge in [-0.3, -0.25) is 0 Å². The van der Waals surface area contributed by atoms with Crippen LogP contribution in [-0.2, 0) is 10.0 Å². The predicted octanol–water partition coefficient (Wildman–Crippen LogP) is 2.49. The molecule has 0 amide bonds. The molecule has 0 aliphatic heterocycles. The molecule has 0 aliphatic rings. The van der Waals surface area contributed by atoms with Gasteiger partial charge in [0, 0.05) is 18.6 Å². The molecule has 2 N–H and O–H groups in total. The fourth-order valence-corrected chi connectivity index (χ4v) is 4.02. The highest BCUT2D eigenvalue weighted by Crippen LogP contribution is 2.27. The Morgan fingerprint density at radius 3 is 2.29 bits per heavy atom. The van der Waals surface area contributed by atoms with Crippen LogP contribution < -0.4 is 5.73 Å². The van der Waals surface area contributed by atoms with Crippen LogP contribution in [0.5, 0.6) is 0 Å². The quantitative estimate of drug-likeness (QED) is 0.839. The van der Waals surface area contributed by atoms with Gasteiger partial charge in [0.25, 0.3) is 0 Å². The van der Waals surface area contributed by atoms with E-state index >= 15 is 0 Å². The summed E-state index contributed by atoms with van der Waals surface area (Å²) < 4.78 is 53.1. The molecule has 0 radical (unpaired) electrons.